The second-order valence-corrected chi connectivity index (χ2v) is 3.03. The first-order valence-corrected chi connectivity index (χ1v) is 3.74. The van der Waals surface area contributed by atoms with E-state index in [1.807, 2.05) is 12.1 Å². The van der Waals surface area contributed by atoms with Crippen molar-refractivity contribution < 1.29 is 0 Å². The van der Waals surface area contributed by atoms with Crippen LogP contribution in [0.5, 0.6) is 0 Å². The summed E-state index contributed by atoms with van der Waals surface area (Å²) in [6.07, 6.45) is 0. The molecule has 0 amide bonds. The first-order valence-electron chi connectivity index (χ1n) is 1.88. The molecule has 1 aromatic rings. The van der Waals surface area contributed by atoms with E-state index in [0.29, 0.717) is 0 Å². The Kier molecular flexibility index (Phi) is 0.979. The van der Waals surface area contributed by atoms with Gasteiger partial charge >= 0.3 is 0 Å². The van der Waals surface area contributed by atoms with E-state index in [9.17, 15) is 0 Å². The highest BCUT2D eigenvalue weighted by Crippen LogP contribution is 2.18. The molecule has 0 aliphatic carbocycles. The van der Waals surface area contributed by atoms with Crippen LogP contribution in [-0.2, 0) is 6.66 Å². The fourth-order valence-corrected chi connectivity index (χ4v) is 1.13. The third-order valence-electron chi connectivity index (χ3n) is 0.684. The number of rotatable bonds is 0. The lowest BCUT2D eigenvalue weighted by Gasteiger charge is -1.68. The van der Waals surface area contributed by atoms with Crippen LogP contribution in [0.4, 0.5) is 0 Å². The van der Waals surface area contributed by atoms with Gasteiger partial charge in [-0.1, -0.05) is 6.07 Å². The van der Waals surface area contributed by atoms with Crippen molar-refractivity contribution in [3.8, 4) is 0 Å². The number of hydrogen-bond donors (Lipinski definition) is 0. The van der Waals surface area contributed by atoms with Gasteiger partial charge in [0.25, 0.3) is 0 Å². The second-order valence-electron chi connectivity index (χ2n) is 1.25. The van der Waals surface area contributed by atoms with E-state index in [1.54, 1.807) is 0 Å². The molecular formula is C5H6P. The monoisotopic (exact) mass is 97.0 g/mol. The van der Waals surface area contributed by atoms with Gasteiger partial charge in [0, 0.05) is 5.80 Å². The Labute approximate surface area is 38.9 Å². The maximum Gasteiger partial charge on any atom is 0.00484 e. The molecule has 1 heterocycles. The Morgan fingerprint density at radius 3 is 2.67 bits per heavy atom. The Balaban J connectivity index is 3.05. The summed E-state index contributed by atoms with van der Waals surface area (Å²) in [5.41, 5.74) is 0. The number of aryl methyl sites for hydroxylation is 1. The number of hydrogen-bond acceptors (Lipinski definition) is 0. The SMILES string of the molecule is Cp1[c]ccc1. The first-order chi connectivity index (χ1) is 2.89. The minimum atomic E-state index is 0.0489. The van der Waals surface area contributed by atoms with Crippen molar-refractivity contribution in [2.75, 3.05) is 0 Å². The average Bonchev–Trinajstić information content (AvgIpc) is 1.86. The standard InChI is InChI=1S/C5H6P/c1-6-4-2-3-5-6/h2-4H,1H3. The van der Waals surface area contributed by atoms with Crippen LogP contribution < -0.4 is 0 Å². The molecule has 0 aliphatic heterocycles. The van der Waals surface area contributed by atoms with Gasteiger partial charge in [-0.05, 0) is 18.5 Å². The molecule has 6 heavy (non-hydrogen) atoms. The summed E-state index contributed by atoms with van der Waals surface area (Å²) >= 11 is 0. The predicted octanol–water partition coefficient (Wildman–Crippen LogP) is 2.01. The lowest BCUT2D eigenvalue weighted by Crippen LogP contribution is -1.26. The van der Waals surface area contributed by atoms with Crippen LogP contribution in [0, 0.1) is 5.80 Å². The van der Waals surface area contributed by atoms with Gasteiger partial charge in [-0.15, -0.1) is 7.53 Å². The minimum absolute atomic E-state index is 0.0489. The topological polar surface area (TPSA) is 0 Å². The maximum atomic E-state index is 3.15. The third kappa shape index (κ3) is 0.636. The molecule has 1 rings (SSSR count). The van der Waals surface area contributed by atoms with Crippen molar-refractivity contribution in [3.05, 3.63) is 23.7 Å². The molecule has 1 heteroatoms. The summed E-state index contributed by atoms with van der Waals surface area (Å²) in [6, 6.07) is 4.03. The fourth-order valence-electron chi connectivity index (χ4n) is 0.376. The van der Waals surface area contributed by atoms with Gasteiger partial charge in [0.05, 0.1) is 0 Å². The highest BCUT2D eigenvalue weighted by molar-refractivity contribution is 7.46. The zero-order valence-electron chi connectivity index (χ0n) is 3.68. The largest absolute Gasteiger partial charge is 0.120 e. The van der Waals surface area contributed by atoms with Crippen LogP contribution in [0.3, 0.4) is 0 Å². The Bertz CT molecular complexity index is 107. The highest BCUT2D eigenvalue weighted by atomic mass is 31.1. The van der Waals surface area contributed by atoms with E-state index >= 15 is 0 Å². The van der Waals surface area contributed by atoms with Gasteiger partial charge in [-0.25, -0.2) is 0 Å². The highest BCUT2D eigenvalue weighted by Gasteiger charge is 1.73. The smallest absolute Gasteiger partial charge is 0.00484 e. The summed E-state index contributed by atoms with van der Waals surface area (Å²) in [7, 11) is 0.0489. The third-order valence-corrected chi connectivity index (χ3v) is 1.86. The van der Waals surface area contributed by atoms with Crippen LogP contribution in [0.2, 0.25) is 0 Å². The van der Waals surface area contributed by atoms with Gasteiger partial charge in [0.2, 0.25) is 0 Å². The van der Waals surface area contributed by atoms with E-state index in [1.165, 1.54) is 0 Å². The molecule has 0 fully saturated rings. The minimum Gasteiger partial charge on any atom is -0.120 e. The summed E-state index contributed by atoms with van der Waals surface area (Å²) in [4.78, 5) is 0. The predicted molar refractivity (Wildman–Crippen MR) is 29.0 cm³/mol. The Hall–Kier alpha value is -0.220. The first kappa shape index (κ1) is 3.95. The molecule has 0 nitrogen and oxygen atoms in total. The molecule has 0 spiro atoms. The van der Waals surface area contributed by atoms with E-state index in [-0.39, 0.29) is 7.53 Å². The molecular weight excluding hydrogens is 91.0 g/mol. The van der Waals surface area contributed by atoms with E-state index in [0.717, 1.165) is 0 Å². The summed E-state index contributed by atoms with van der Waals surface area (Å²) in [5.74, 6) is 5.32. The quantitative estimate of drug-likeness (QED) is 0.464. The summed E-state index contributed by atoms with van der Waals surface area (Å²) in [6.45, 7) is 2.18. The van der Waals surface area contributed by atoms with Crippen LogP contribution >= 0.6 is 7.53 Å². The van der Waals surface area contributed by atoms with E-state index < -0.39 is 0 Å². The van der Waals surface area contributed by atoms with Crippen LogP contribution in [0.1, 0.15) is 0 Å². The molecule has 0 saturated heterocycles. The summed E-state index contributed by atoms with van der Waals surface area (Å²) < 4.78 is 0. The van der Waals surface area contributed by atoms with Crippen molar-refractivity contribution >= 4 is 7.53 Å². The lowest BCUT2D eigenvalue weighted by molar-refractivity contribution is 2.01. The van der Waals surface area contributed by atoms with Gasteiger partial charge in [0.15, 0.2) is 0 Å². The van der Waals surface area contributed by atoms with Crippen molar-refractivity contribution in [2.24, 2.45) is 6.66 Å². The fraction of sp³-hybridized carbons (Fsp3) is 0.200. The van der Waals surface area contributed by atoms with Crippen molar-refractivity contribution in [2.45, 2.75) is 0 Å². The zero-order valence-corrected chi connectivity index (χ0v) is 4.57. The van der Waals surface area contributed by atoms with Gasteiger partial charge in [-0.3, -0.25) is 0 Å². The second kappa shape index (κ2) is 1.49. The van der Waals surface area contributed by atoms with E-state index in [4.69, 9.17) is 0 Å². The lowest BCUT2D eigenvalue weighted by atomic mass is 10.7. The molecule has 0 aromatic carbocycles. The summed E-state index contributed by atoms with van der Waals surface area (Å²) in [5, 5.41) is 0. The maximum absolute atomic E-state index is 3.15. The molecule has 0 N–H and O–H groups in total. The van der Waals surface area contributed by atoms with Crippen LogP contribution in [0.15, 0.2) is 17.9 Å². The van der Waals surface area contributed by atoms with Gasteiger partial charge in [0.1, 0.15) is 0 Å². The molecule has 0 aliphatic rings. The molecule has 1 radical (unpaired) electrons. The van der Waals surface area contributed by atoms with Gasteiger partial charge < -0.3 is 0 Å². The zero-order chi connectivity index (χ0) is 4.41. The average molecular weight is 97.1 g/mol. The molecule has 1 atom stereocenters. The van der Waals surface area contributed by atoms with Crippen LogP contribution in [-0.4, -0.2) is 0 Å². The van der Waals surface area contributed by atoms with Crippen molar-refractivity contribution in [3.63, 3.8) is 0 Å². The molecule has 1 aromatic heterocycles. The Morgan fingerprint density at radius 1 is 1.67 bits per heavy atom. The van der Waals surface area contributed by atoms with Crippen LogP contribution in [0.25, 0.3) is 0 Å². The molecule has 31 valence electrons. The van der Waals surface area contributed by atoms with E-state index in [2.05, 4.69) is 18.3 Å². The molecule has 0 saturated carbocycles. The van der Waals surface area contributed by atoms with Gasteiger partial charge in [-0.2, -0.15) is 0 Å². The normalized spacial score (nSPS) is 8.83. The molecule has 1 unspecified atom stereocenters. The molecule has 0 bridgehead atoms. The van der Waals surface area contributed by atoms with Crippen molar-refractivity contribution in [1.82, 2.24) is 0 Å². The Morgan fingerprint density at radius 2 is 2.50 bits per heavy atom. The van der Waals surface area contributed by atoms with Crippen molar-refractivity contribution in [1.29, 1.82) is 0 Å².